The lowest BCUT2D eigenvalue weighted by Gasteiger charge is -2.33. The van der Waals surface area contributed by atoms with Crippen molar-refractivity contribution in [2.75, 3.05) is 18.0 Å². The summed E-state index contributed by atoms with van der Waals surface area (Å²) in [4.78, 5) is 36.8. The number of aromatic carboxylic acids is 1. The molecule has 1 saturated heterocycles. The highest BCUT2D eigenvalue weighted by Crippen LogP contribution is 2.31. The van der Waals surface area contributed by atoms with Crippen LogP contribution in [0.2, 0.25) is 0 Å². The van der Waals surface area contributed by atoms with Crippen LogP contribution in [0.25, 0.3) is 17.2 Å². The topological polar surface area (TPSA) is 93.9 Å². The van der Waals surface area contributed by atoms with Gasteiger partial charge in [-0.15, -0.1) is 0 Å². The van der Waals surface area contributed by atoms with Gasteiger partial charge in [0, 0.05) is 42.8 Å². The highest BCUT2D eigenvalue weighted by Gasteiger charge is 2.24. The number of carboxylic acids is 1. The number of nitrogens with one attached hydrogen (secondary N) is 1. The van der Waals surface area contributed by atoms with E-state index in [1.165, 1.54) is 5.56 Å². The van der Waals surface area contributed by atoms with Gasteiger partial charge in [0.1, 0.15) is 0 Å². The third-order valence-corrected chi connectivity index (χ3v) is 8.36. The van der Waals surface area contributed by atoms with Crippen LogP contribution in [0.4, 0.5) is 5.69 Å². The number of nitrogens with zero attached hydrogens (tertiary/aromatic N) is 4. The second-order valence-electron chi connectivity index (χ2n) is 11.0. The molecule has 8 heteroatoms. The Labute approximate surface area is 242 Å². The number of piperidine rings is 1. The predicted octanol–water partition coefficient (Wildman–Crippen LogP) is 4.44. The SMILES string of the molecule is O=C(O)c1ccc2c(c1)=CN(c1ccc(CN3CCC(n4c(=O)[nH]c5ccccc54)CC3)cc1)C(c1ccccc1)N=2. The number of para-hydroxylation sites is 2. The summed E-state index contributed by atoms with van der Waals surface area (Å²) in [6, 6.07) is 31.8. The minimum Gasteiger partial charge on any atom is -0.478 e. The minimum atomic E-state index is -0.954. The molecular weight excluding hydrogens is 526 g/mol. The molecule has 0 radical (unpaired) electrons. The summed E-state index contributed by atoms with van der Waals surface area (Å²) in [5.41, 5.74) is 5.36. The molecule has 0 bridgehead atoms. The van der Waals surface area contributed by atoms with E-state index >= 15 is 0 Å². The van der Waals surface area contributed by atoms with Crippen molar-refractivity contribution in [2.24, 2.45) is 4.99 Å². The number of carboxylic acid groups (broad SMARTS) is 1. The number of aromatic nitrogens is 2. The lowest BCUT2D eigenvalue weighted by Crippen LogP contribution is -2.38. The number of imidazole rings is 1. The Kier molecular flexibility index (Phi) is 6.68. The molecule has 42 heavy (non-hydrogen) atoms. The molecule has 0 amide bonds. The molecule has 0 saturated carbocycles. The van der Waals surface area contributed by atoms with Gasteiger partial charge in [-0.1, -0.05) is 54.6 Å². The molecule has 1 aromatic heterocycles. The van der Waals surface area contributed by atoms with E-state index in [0.717, 1.165) is 65.3 Å². The number of carbonyl (C=O) groups is 1. The normalized spacial score (nSPS) is 17.4. The van der Waals surface area contributed by atoms with Crippen molar-refractivity contribution in [1.29, 1.82) is 0 Å². The van der Waals surface area contributed by atoms with Gasteiger partial charge >= 0.3 is 11.7 Å². The van der Waals surface area contributed by atoms with Gasteiger partial charge in [0.15, 0.2) is 6.17 Å². The van der Waals surface area contributed by atoms with Crippen LogP contribution in [-0.4, -0.2) is 38.6 Å². The number of hydrogen-bond acceptors (Lipinski definition) is 5. The fourth-order valence-corrected chi connectivity index (χ4v) is 6.20. The summed E-state index contributed by atoms with van der Waals surface area (Å²) < 4.78 is 1.93. The minimum absolute atomic E-state index is 0.0258. The van der Waals surface area contributed by atoms with Crippen LogP contribution in [0.15, 0.2) is 107 Å². The van der Waals surface area contributed by atoms with E-state index in [2.05, 4.69) is 51.2 Å². The van der Waals surface area contributed by atoms with Crippen LogP contribution in [0.1, 0.15) is 46.5 Å². The molecule has 8 nitrogen and oxygen atoms in total. The first-order chi connectivity index (χ1) is 20.5. The van der Waals surface area contributed by atoms with Crippen molar-refractivity contribution in [2.45, 2.75) is 31.6 Å². The molecular formula is C34H31N5O3. The quantitative estimate of drug-likeness (QED) is 0.322. The summed E-state index contributed by atoms with van der Waals surface area (Å²) in [6.07, 6.45) is 3.60. The van der Waals surface area contributed by atoms with E-state index < -0.39 is 5.97 Å². The van der Waals surface area contributed by atoms with E-state index in [0.29, 0.717) is 0 Å². The smallest absolute Gasteiger partial charge is 0.335 e. The maximum absolute atomic E-state index is 12.7. The molecule has 1 unspecified atom stereocenters. The third-order valence-electron chi connectivity index (χ3n) is 8.36. The summed E-state index contributed by atoms with van der Waals surface area (Å²) in [5, 5.41) is 11.1. The van der Waals surface area contributed by atoms with Crippen LogP contribution in [0, 0.1) is 0 Å². The monoisotopic (exact) mass is 557 g/mol. The number of fused-ring (bicyclic) bond motifs is 2. The molecule has 2 N–H and O–H groups in total. The molecule has 2 aliphatic rings. The maximum Gasteiger partial charge on any atom is 0.335 e. The number of rotatable bonds is 6. The zero-order chi connectivity index (χ0) is 28.6. The average molecular weight is 558 g/mol. The fraction of sp³-hybridized carbons (Fsp3) is 0.206. The number of anilines is 1. The largest absolute Gasteiger partial charge is 0.478 e. The van der Waals surface area contributed by atoms with Gasteiger partial charge in [-0.2, -0.15) is 0 Å². The molecule has 3 heterocycles. The molecule has 5 aromatic rings. The van der Waals surface area contributed by atoms with Crippen LogP contribution >= 0.6 is 0 Å². The van der Waals surface area contributed by atoms with Gasteiger partial charge in [0.25, 0.3) is 0 Å². The lowest BCUT2D eigenvalue weighted by molar-refractivity contribution is 0.0696. The molecule has 0 aliphatic carbocycles. The standard InChI is InChI=1S/C34H31N5O3/c40-33(41)25-12-15-29-26(20-25)22-38(32(35-29)24-6-2-1-3-7-24)27-13-10-23(11-14-27)21-37-18-16-28(17-19-37)39-31-9-5-4-8-30(31)36-34(39)42/h1-15,20,22,28,32H,16-19,21H2,(H,36,42)(H,40,41). The fourth-order valence-electron chi connectivity index (χ4n) is 6.20. The molecule has 210 valence electrons. The van der Waals surface area contributed by atoms with Gasteiger partial charge < -0.3 is 15.0 Å². The summed E-state index contributed by atoms with van der Waals surface area (Å²) in [6.45, 7) is 2.70. The van der Waals surface area contributed by atoms with Crippen molar-refractivity contribution in [3.63, 3.8) is 0 Å². The van der Waals surface area contributed by atoms with Crippen molar-refractivity contribution in [3.05, 3.63) is 135 Å². The first-order valence-corrected chi connectivity index (χ1v) is 14.3. The van der Waals surface area contributed by atoms with Gasteiger partial charge in [-0.3, -0.25) is 14.5 Å². The number of H-pyrrole nitrogens is 1. The number of hydrogen-bond donors (Lipinski definition) is 2. The zero-order valence-electron chi connectivity index (χ0n) is 23.1. The van der Waals surface area contributed by atoms with Crippen LogP contribution in [0.3, 0.4) is 0 Å². The van der Waals surface area contributed by atoms with Crippen molar-refractivity contribution >= 4 is 28.9 Å². The van der Waals surface area contributed by atoms with E-state index in [1.54, 1.807) is 18.2 Å². The van der Waals surface area contributed by atoms with Crippen molar-refractivity contribution in [3.8, 4) is 0 Å². The maximum atomic E-state index is 12.7. The third kappa shape index (κ3) is 4.90. The molecule has 2 aliphatic heterocycles. The van der Waals surface area contributed by atoms with E-state index in [4.69, 9.17) is 4.99 Å². The Morgan fingerprint density at radius 1 is 0.905 bits per heavy atom. The molecule has 4 aromatic carbocycles. The van der Waals surface area contributed by atoms with Gasteiger partial charge in [0.2, 0.25) is 0 Å². The van der Waals surface area contributed by atoms with Gasteiger partial charge in [-0.05, 0) is 66.4 Å². The Balaban J connectivity index is 1.09. The lowest BCUT2D eigenvalue weighted by atomic mass is 10.0. The molecule has 7 rings (SSSR count). The first kappa shape index (κ1) is 26.0. The second-order valence-corrected chi connectivity index (χ2v) is 11.0. The Morgan fingerprint density at radius 2 is 1.64 bits per heavy atom. The molecule has 0 spiro atoms. The van der Waals surface area contributed by atoms with Gasteiger partial charge in [-0.25, -0.2) is 9.59 Å². The van der Waals surface area contributed by atoms with E-state index in [-0.39, 0.29) is 23.5 Å². The first-order valence-electron chi connectivity index (χ1n) is 14.3. The summed E-state index contributed by atoms with van der Waals surface area (Å²) in [5.74, 6) is -0.954. The molecule has 1 atom stereocenters. The van der Waals surface area contributed by atoms with Crippen LogP contribution in [0.5, 0.6) is 0 Å². The number of likely N-dealkylation sites (tertiary alicyclic amines) is 1. The highest BCUT2D eigenvalue weighted by molar-refractivity contribution is 5.87. The van der Waals surface area contributed by atoms with Crippen molar-refractivity contribution in [1.82, 2.24) is 14.5 Å². The zero-order valence-corrected chi connectivity index (χ0v) is 23.1. The Bertz CT molecular complexity index is 1940. The molecule has 1 fully saturated rings. The predicted molar refractivity (Wildman–Crippen MR) is 163 cm³/mol. The number of benzene rings is 4. The summed E-state index contributed by atoms with van der Waals surface area (Å²) in [7, 11) is 0. The van der Waals surface area contributed by atoms with Gasteiger partial charge in [0.05, 0.1) is 22.0 Å². The second kappa shape index (κ2) is 10.8. The van der Waals surface area contributed by atoms with E-state index in [1.807, 2.05) is 53.2 Å². The van der Waals surface area contributed by atoms with Crippen LogP contribution < -0.4 is 21.2 Å². The van der Waals surface area contributed by atoms with Crippen molar-refractivity contribution < 1.29 is 9.90 Å². The number of aromatic amines is 1. The summed E-state index contributed by atoms with van der Waals surface area (Å²) >= 11 is 0. The van der Waals surface area contributed by atoms with Crippen LogP contribution in [-0.2, 0) is 6.54 Å². The highest BCUT2D eigenvalue weighted by atomic mass is 16.4. The Hall–Kier alpha value is -4.95. The Morgan fingerprint density at radius 3 is 2.40 bits per heavy atom. The average Bonchev–Trinajstić information content (AvgIpc) is 3.37. The van der Waals surface area contributed by atoms with E-state index in [9.17, 15) is 14.7 Å².